The van der Waals surface area contributed by atoms with Crippen LogP contribution in [0.4, 0.5) is 0 Å². The van der Waals surface area contributed by atoms with Crippen LogP contribution in [0, 0.1) is 0 Å². The summed E-state index contributed by atoms with van der Waals surface area (Å²) in [5.41, 5.74) is 0.927. The Morgan fingerprint density at radius 1 is 1.41 bits per heavy atom. The molecule has 1 aromatic rings. The van der Waals surface area contributed by atoms with Gasteiger partial charge in [0.15, 0.2) is 0 Å². The quantitative estimate of drug-likeness (QED) is 0.895. The van der Waals surface area contributed by atoms with Gasteiger partial charge in [-0.05, 0) is 26.8 Å². The summed E-state index contributed by atoms with van der Waals surface area (Å²) in [6.45, 7) is 6.14. The number of thioether (sulfide) groups is 1. The molecule has 22 heavy (non-hydrogen) atoms. The topological polar surface area (TPSA) is 49.4 Å². The third-order valence-corrected chi connectivity index (χ3v) is 5.17. The van der Waals surface area contributed by atoms with Crippen LogP contribution in [-0.4, -0.2) is 34.6 Å². The summed E-state index contributed by atoms with van der Waals surface area (Å²) < 4.78 is 0. The van der Waals surface area contributed by atoms with Gasteiger partial charge in [-0.15, -0.1) is 11.8 Å². The maximum Gasteiger partial charge on any atom is 0.236 e. The third-order valence-electron chi connectivity index (χ3n) is 3.45. The van der Waals surface area contributed by atoms with E-state index in [1.54, 1.807) is 16.7 Å². The van der Waals surface area contributed by atoms with Crippen molar-refractivity contribution in [2.75, 3.05) is 6.54 Å². The van der Waals surface area contributed by atoms with E-state index in [9.17, 15) is 9.59 Å². The molecule has 0 aromatic heterocycles. The first-order valence-corrected chi connectivity index (χ1v) is 8.72. The maximum absolute atomic E-state index is 12.4. The van der Waals surface area contributed by atoms with E-state index in [4.69, 9.17) is 11.6 Å². The van der Waals surface area contributed by atoms with Gasteiger partial charge in [-0.2, -0.15) is 0 Å². The highest BCUT2D eigenvalue weighted by molar-refractivity contribution is 8.01. The molecule has 0 bridgehead atoms. The second kappa shape index (κ2) is 7.38. The number of nitrogens with zero attached hydrogens (tertiary/aromatic N) is 1. The van der Waals surface area contributed by atoms with Gasteiger partial charge >= 0.3 is 0 Å². The minimum atomic E-state index is -0.122. The van der Waals surface area contributed by atoms with Crippen LogP contribution in [0.5, 0.6) is 0 Å². The predicted octanol–water partition coefficient (Wildman–Crippen LogP) is 3.22. The van der Waals surface area contributed by atoms with Crippen molar-refractivity contribution in [3.8, 4) is 0 Å². The zero-order valence-corrected chi connectivity index (χ0v) is 14.6. The van der Waals surface area contributed by atoms with Crippen LogP contribution >= 0.6 is 23.4 Å². The van der Waals surface area contributed by atoms with Crippen LogP contribution < -0.4 is 5.32 Å². The summed E-state index contributed by atoms with van der Waals surface area (Å²) in [5.74, 6) is 0.0255. The Kier molecular flexibility index (Phi) is 5.75. The molecule has 1 aromatic carbocycles. The van der Waals surface area contributed by atoms with E-state index < -0.39 is 0 Å². The molecular weight excluding hydrogens is 320 g/mol. The Morgan fingerprint density at radius 3 is 2.73 bits per heavy atom. The molecule has 1 fully saturated rings. The first-order valence-electron chi connectivity index (χ1n) is 7.40. The average molecular weight is 341 g/mol. The van der Waals surface area contributed by atoms with Gasteiger partial charge in [-0.1, -0.05) is 29.8 Å². The number of hydrogen-bond donors (Lipinski definition) is 1. The van der Waals surface area contributed by atoms with Gasteiger partial charge in [0.1, 0.15) is 5.37 Å². The van der Waals surface area contributed by atoms with E-state index in [-0.39, 0.29) is 28.5 Å². The van der Waals surface area contributed by atoms with Crippen molar-refractivity contribution < 1.29 is 9.59 Å². The fraction of sp³-hybridized carbons (Fsp3) is 0.500. The Balaban J connectivity index is 2.11. The van der Waals surface area contributed by atoms with E-state index >= 15 is 0 Å². The van der Waals surface area contributed by atoms with Crippen molar-refractivity contribution in [2.24, 2.45) is 0 Å². The van der Waals surface area contributed by atoms with Crippen LogP contribution in [0.25, 0.3) is 0 Å². The largest absolute Gasteiger partial charge is 0.354 e. The number of hydrogen-bond acceptors (Lipinski definition) is 3. The minimum Gasteiger partial charge on any atom is -0.354 e. The summed E-state index contributed by atoms with van der Waals surface area (Å²) in [6, 6.07) is 7.66. The van der Waals surface area contributed by atoms with Crippen LogP contribution in [0.2, 0.25) is 5.02 Å². The molecule has 0 unspecified atom stereocenters. The fourth-order valence-corrected chi connectivity index (χ4v) is 4.08. The zero-order chi connectivity index (χ0) is 16.3. The van der Waals surface area contributed by atoms with Gasteiger partial charge in [-0.3, -0.25) is 9.59 Å². The molecule has 6 heteroatoms. The summed E-state index contributed by atoms with van der Waals surface area (Å²) >= 11 is 7.84. The molecule has 1 saturated heterocycles. The van der Waals surface area contributed by atoms with Crippen molar-refractivity contribution in [3.63, 3.8) is 0 Å². The van der Waals surface area contributed by atoms with Gasteiger partial charge in [-0.25, -0.2) is 0 Å². The minimum absolute atomic E-state index is 0.0368. The molecule has 4 nitrogen and oxygen atoms in total. The first-order chi connectivity index (χ1) is 10.4. The molecule has 0 spiro atoms. The molecule has 0 saturated carbocycles. The second-order valence-electron chi connectivity index (χ2n) is 5.66. The maximum atomic E-state index is 12.4. The monoisotopic (exact) mass is 340 g/mol. The second-order valence-corrected chi connectivity index (χ2v) is 7.49. The molecule has 1 aliphatic heterocycles. The molecule has 1 N–H and O–H groups in total. The molecule has 0 aliphatic carbocycles. The first kappa shape index (κ1) is 17.2. The molecule has 2 atom stereocenters. The van der Waals surface area contributed by atoms with E-state index in [1.165, 1.54) is 0 Å². The van der Waals surface area contributed by atoms with Crippen molar-refractivity contribution in [3.05, 3.63) is 34.9 Å². The van der Waals surface area contributed by atoms with Crippen molar-refractivity contribution in [1.29, 1.82) is 0 Å². The summed E-state index contributed by atoms with van der Waals surface area (Å²) in [7, 11) is 0. The lowest BCUT2D eigenvalue weighted by Crippen LogP contribution is -2.36. The molecule has 1 heterocycles. The highest BCUT2D eigenvalue weighted by atomic mass is 35.5. The molecule has 1 aliphatic rings. The van der Waals surface area contributed by atoms with Crippen LogP contribution in [0.15, 0.2) is 24.3 Å². The fourth-order valence-electron chi connectivity index (χ4n) is 2.43. The highest BCUT2D eigenvalue weighted by Gasteiger charge is 2.39. The van der Waals surface area contributed by atoms with Crippen LogP contribution in [0.3, 0.4) is 0 Å². The Bertz CT molecular complexity index is 565. The predicted molar refractivity (Wildman–Crippen MR) is 90.9 cm³/mol. The summed E-state index contributed by atoms with van der Waals surface area (Å²) in [6.07, 6.45) is 0.304. The zero-order valence-electron chi connectivity index (χ0n) is 13.0. The number of benzene rings is 1. The van der Waals surface area contributed by atoms with E-state index in [0.29, 0.717) is 18.0 Å². The normalized spacial score (nSPS) is 21.5. The van der Waals surface area contributed by atoms with Gasteiger partial charge in [0, 0.05) is 29.6 Å². The Labute approximate surface area is 140 Å². The van der Waals surface area contributed by atoms with Crippen molar-refractivity contribution in [2.45, 2.75) is 43.9 Å². The number of nitrogens with one attached hydrogen (secondary N) is 1. The summed E-state index contributed by atoms with van der Waals surface area (Å²) in [5, 5.41) is 3.26. The number of rotatable bonds is 5. The summed E-state index contributed by atoms with van der Waals surface area (Å²) in [4.78, 5) is 26.0. The smallest absolute Gasteiger partial charge is 0.236 e. The Morgan fingerprint density at radius 2 is 2.09 bits per heavy atom. The SMILES string of the molecule is CC(C)NC(=O)CCN1C(=O)[C@@H](C)S[C@@H]1c1ccccc1Cl. The van der Waals surface area contributed by atoms with Crippen LogP contribution in [0.1, 0.15) is 38.1 Å². The molecule has 120 valence electrons. The number of amides is 2. The van der Waals surface area contributed by atoms with Gasteiger partial charge < -0.3 is 10.2 Å². The number of halogens is 1. The lowest BCUT2D eigenvalue weighted by molar-refractivity contribution is -0.130. The van der Waals surface area contributed by atoms with Crippen molar-refractivity contribution in [1.82, 2.24) is 10.2 Å². The lowest BCUT2D eigenvalue weighted by atomic mass is 10.2. The molecule has 2 amide bonds. The van der Waals surface area contributed by atoms with E-state index in [2.05, 4.69) is 5.32 Å². The van der Waals surface area contributed by atoms with E-state index in [0.717, 1.165) is 5.56 Å². The van der Waals surface area contributed by atoms with Crippen LogP contribution in [-0.2, 0) is 9.59 Å². The van der Waals surface area contributed by atoms with Gasteiger partial charge in [0.2, 0.25) is 11.8 Å². The van der Waals surface area contributed by atoms with Crippen molar-refractivity contribution >= 4 is 35.2 Å². The van der Waals surface area contributed by atoms with Gasteiger partial charge in [0.05, 0.1) is 5.25 Å². The van der Waals surface area contributed by atoms with E-state index in [1.807, 2.05) is 45.0 Å². The lowest BCUT2D eigenvalue weighted by Gasteiger charge is -2.24. The Hall–Kier alpha value is -1.20. The number of carbonyl (C=O) groups is 2. The third kappa shape index (κ3) is 3.96. The standard InChI is InChI=1S/C16H21ClN2O2S/c1-10(2)18-14(20)8-9-19-15(21)11(3)22-16(19)12-6-4-5-7-13(12)17/h4-7,10-11,16H,8-9H2,1-3H3,(H,18,20)/t11-,16-/m1/s1. The molecule has 0 radical (unpaired) electrons. The molecular formula is C16H21ClN2O2S. The molecule has 2 rings (SSSR count). The van der Waals surface area contributed by atoms with Gasteiger partial charge in [0.25, 0.3) is 0 Å². The highest BCUT2D eigenvalue weighted by Crippen LogP contribution is 2.44. The number of carbonyl (C=O) groups excluding carboxylic acids is 2. The average Bonchev–Trinajstić information content (AvgIpc) is 2.72.